The highest BCUT2D eigenvalue weighted by Crippen LogP contribution is 2.50. The molecule has 124 heavy (non-hydrogen) atoms. The largest absolute Gasteiger partial charge is 0.309 e. The Hall–Kier alpha value is -16.1. The minimum absolute atomic E-state index is 0.561. The zero-order valence-electron chi connectivity index (χ0n) is 66.7. The molecule has 0 radical (unpaired) electrons. The summed E-state index contributed by atoms with van der Waals surface area (Å²) in [5, 5.41) is 9.90. The molecule has 0 aliphatic heterocycles. The molecular weight excluding hydrogens is 1550 g/mol. The predicted molar refractivity (Wildman–Crippen MR) is 515 cm³/mol. The number of thiophene rings is 2. The van der Waals surface area contributed by atoms with Gasteiger partial charge >= 0.3 is 0 Å². The second kappa shape index (κ2) is 31.2. The van der Waals surface area contributed by atoms with Gasteiger partial charge in [-0.15, -0.1) is 22.7 Å². The second-order valence-electron chi connectivity index (χ2n) is 30.8. The Kier molecular flexibility index (Phi) is 18.4. The molecule has 24 rings (SSSR count). The van der Waals surface area contributed by atoms with Crippen molar-refractivity contribution in [1.82, 2.24) is 49.0 Å². The van der Waals surface area contributed by atoms with E-state index in [1.807, 2.05) is 156 Å². The number of rotatable bonds is 14. The molecule has 0 saturated carbocycles. The summed E-state index contributed by atoms with van der Waals surface area (Å²) in [6.45, 7) is 0. The van der Waals surface area contributed by atoms with Crippen molar-refractivity contribution in [3.8, 4) is 147 Å². The molecule has 8 aromatic heterocycles. The van der Waals surface area contributed by atoms with Gasteiger partial charge in [-0.05, 0) is 100 Å². The molecule has 0 atom stereocenters. The van der Waals surface area contributed by atoms with E-state index >= 15 is 0 Å². The van der Waals surface area contributed by atoms with E-state index in [2.05, 4.69) is 300 Å². The van der Waals surface area contributed by atoms with E-state index in [1.54, 1.807) is 0 Å². The number of hydrogen-bond acceptors (Lipinski definition) is 10. The highest BCUT2D eigenvalue weighted by molar-refractivity contribution is 7.27. The Morgan fingerprint density at radius 1 is 0.185 bits per heavy atom. The second-order valence-corrected chi connectivity index (χ2v) is 32.9. The summed E-state index contributed by atoms with van der Waals surface area (Å²) in [4.78, 5) is 41.8. The van der Waals surface area contributed by atoms with Crippen molar-refractivity contribution in [2.45, 2.75) is 0 Å². The summed E-state index contributed by atoms with van der Waals surface area (Å²) in [7, 11) is 0. The number of hydrogen-bond donors (Lipinski definition) is 0. The van der Waals surface area contributed by atoms with Gasteiger partial charge in [-0.3, -0.25) is 9.97 Å². The van der Waals surface area contributed by atoms with Crippen molar-refractivity contribution >= 4 is 107 Å². The van der Waals surface area contributed by atoms with Crippen molar-refractivity contribution in [2.24, 2.45) is 0 Å². The molecule has 12 heteroatoms. The van der Waals surface area contributed by atoms with Gasteiger partial charge in [0.05, 0.1) is 33.5 Å². The summed E-state index contributed by atoms with van der Waals surface area (Å²) in [6, 6.07) is 144. The molecule has 580 valence electrons. The molecule has 16 aromatic carbocycles. The first-order valence-corrected chi connectivity index (χ1v) is 43.1. The number of pyridine rings is 2. The molecule has 8 heterocycles. The topological polar surface area (TPSA) is 113 Å². The number of nitrogens with zero attached hydrogens (tertiary/aromatic N) is 10. The normalized spacial score (nSPS) is 11.5. The maximum Gasteiger partial charge on any atom is 0.166 e. The molecule has 0 bridgehead atoms. The smallest absolute Gasteiger partial charge is 0.166 e. The van der Waals surface area contributed by atoms with Crippen molar-refractivity contribution in [3.05, 3.63) is 425 Å². The zero-order chi connectivity index (χ0) is 82.0. The van der Waals surface area contributed by atoms with Gasteiger partial charge in [0.25, 0.3) is 0 Å². The SMILES string of the molecule is c1ccc(-c2nc(-c3ccccc3)nc(-c3cc(-c4ccccc4-c4ccccc4)cnc3-c3ccc4c(c3)sc3c4ccc4c3c3ccccc3n4-c3ccccc3)n2)cc1.c1ccc(-c2nc(-c3ccccc3)nc(-c3cc(-c4ccccc4-c4ccccc4)cnc3-c3cccc4c3sc3c4ccc4c3c3ccccc3n4-c3ccccc3)n2)cc1. The third-order valence-electron chi connectivity index (χ3n) is 23.4. The van der Waals surface area contributed by atoms with Crippen LogP contribution in [0.25, 0.3) is 231 Å². The van der Waals surface area contributed by atoms with Gasteiger partial charge in [-0.25, -0.2) is 29.9 Å². The Balaban J connectivity index is 0.000000143. The fraction of sp³-hybridized carbons (Fsp3) is 0. The summed E-state index contributed by atoms with van der Waals surface area (Å²) < 4.78 is 9.66. The van der Waals surface area contributed by atoms with E-state index in [-0.39, 0.29) is 0 Å². The summed E-state index contributed by atoms with van der Waals surface area (Å²) in [5.41, 5.74) is 24.7. The molecule has 0 fully saturated rings. The van der Waals surface area contributed by atoms with Crippen LogP contribution in [-0.2, 0) is 0 Å². The summed E-state index contributed by atoms with van der Waals surface area (Å²) >= 11 is 3.68. The number of fused-ring (bicyclic) bond motifs is 14. The molecule has 10 nitrogen and oxygen atoms in total. The van der Waals surface area contributed by atoms with Crippen molar-refractivity contribution in [2.75, 3.05) is 0 Å². The summed E-state index contributed by atoms with van der Waals surface area (Å²) in [5.74, 6) is 3.54. The molecule has 0 spiro atoms. The van der Waals surface area contributed by atoms with Crippen LogP contribution in [0.15, 0.2) is 425 Å². The molecule has 0 aliphatic carbocycles. The fourth-order valence-corrected chi connectivity index (χ4v) is 20.4. The van der Waals surface area contributed by atoms with E-state index in [9.17, 15) is 0 Å². The van der Waals surface area contributed by atoms with Crippen LogP contribution in [0, 0.1) is 0 Å². The molecule has 0 N–H and O–H groups in total. The Morgan fingerprint density at radius 2 is 0.508 bits per heavy atom. The molecule has 0 unspecified atom stereocenters. The van der Waals surface area contributed by atoms with Crippen LogP contribution in [0.5, 0.6) is 0 Å². The fourth-order valence-electron chi connectivity index (χ4n) is 17.7. The number of aromatic nitrogens is 10. The van der Waals surface area contributed by atoms with Crippen LogP contribution < -0.4 is 0 Å². The maximum absolute atomic E-state index is 5.42. The average molecular weight is 1620 g/mol. The standard InChI is InChI=1S/2C56H35N5S/c1-5-18-36(19-6-1)41-26-13-14-27-42(41)39-34-47(56-59-54(37-20-7-2-8-21-37)58-55(60-56)38-22-9-3-10-23-38)51(57-35-39)46-30-17-29-43-44-32-33-49-50(53(44)62-52(43)46)45-28-15-16-31-48(45)61(49)40-24-11-4-12-25-40;1-5-17-36(18-6-1)42-25-13-14-26-43(42)40-33-47(56-59-54(37-19-7-2-8-20-37)58-55(60-56)38-21-9-3-10-22-38)52(57-35-40)39-29-30-44-45-31-32-49-51(53(45)62-50(44)34-39)46-27-15-16-28-48(46)61(49)41-23-11-4-12-24-41/h2*1-35H. The zero-order valence-corrected chi connectivity index (χ0v) is 68.3. The van der Waals surface area contributed by atoms with E-state index in [0.29, 0.717) is 34.9 Å². The monoisotopic (exact) mass is 1620 g/mol. The van der Waals surface area contributed by atoms with Gasteiger partial charge in [0, 0.05) is 141 Å². The van der Waals surface area contributed by atoms with Crippen LogP contribution in [-0.4, -0.2) is 49.0 Å². The molecule has 0 aliphatic rings. The van der Waals surface area contributed by atoms with E-state index in [4.69, 9.17) is 39.9 Å². The molecule has 0 saturated heterocycles. The Bertz CT molecular complexity index is 8090. The van der Waals surface area contributed by atoms with Crippen LogP contribution in [0.2, 0.25) is 0 Å². The lowest BCUT2D eigenvalue weighted by atomic mass is 9.93. The quantitative estimate of drug-likeness (QED) is 0.106. The number of benzene rings is 16. The Labute approximate surface area is 722 Å². The van der Waals surface area contributed by atoms with E-state index in [1.165, 1.54) is 84.0 Å². The summed E-state index contributed by atoms with van der Waals surface area (Å²) in [6.07, 6.45) is 4.00. The third kappa shape index (κ3) is 13.0. The van der Waals surface area contributed by atoms with Gasteiger partial charge in [0.2, 0.25) is 0 Å². The average Bonchev–Trinajstić information content (AvgIpc) is 1.56. The number of para-hydroxylation sites is 4. The lowest BCUT2D eigenvalue weighted by molar-refractivity contribution is 1.07. The van der Waals surface area contributed by atoms with Gasteiger partial charge < -0.3 is 9.13 Å². The molecular formula is C112H70N10S2. The van der Waals surface area contributed by atoms with Gasteiger partial charge in [-0.1, -0.05) is 346 Å². The molecule has 24 aromatic rings. The van der Waals surface area contributed by atoms with E-state index in [0.717, 1.165) is 112 Å². The highest BCUT2D eigenvalue weighted by atomic mass is 32.1. The van der Waals surface area contributed by atoms with Crippen LogP contribution in [0.4, 0.5) is 0 Å². The first-order valence-electron chi connectivity index (χ1n) is 41.4. The first-order chi connectivity index (χ1) is 61.5. The first kappa shape index (κ1) is 73.1. The van der Waals surface area contributed by atoms with Gasteiger partial charge in [-0.2, -0.15) is 0 Å². The minimum atomic E-state index is 0.561. The molecule has 0 amide bonds. The van der Waals surface area contributed by atoms with E-state index < -0.39 is 0 Å². The highest BCUT2D eigenvalue weighted by Gasteiger charge is 2.27. The predicted octanol–water partition coefficient (Wildman–Crippen LogP) is 29.5. The van der Waals surface area contributed by atoms with Crippen LogP contribution in [0.1, 0.15) is 0 Å². The lowest BCUT2D eigenvalue weighted by Gasteiger charge is -2.15. The van der Waals surface area contributed by atoms with Crippen molar-refractivity contribution < 1.29 is 0 Å². The van der Waals surface area contributed by atoms with Crippen LogP contribution >= 0.6 is 22.7 Å². The minimum Gasteiger partial charge on any atom is -0.309 e. The van der Waals surface area contributed by atoms with Crippen molar-refractivity contribution in [3.63, 3.8) is 0 Å². The van der Waals surface area contributed by atoms with Gasteiger partial charge in [0.15, 0.2) is 34.9 Å². The Morgan fingerprint density at radius 3 is 0.952 bits per heavy atom. The van der Waals surface area contributed by atoms with Crippen molar-refractivity contribution in [1.29, 1.82) is 0 Å². The maximum atomic E-state index is 5.42. The van der Waals surface area contributed by atoms with Gasteiger partial charge in [0.1, 0.15) is 0 Å². The third-order valence-corrected chi connectivity index (χ3v) is 25.9. The van der Waals surface area contributed by atoms with Crippen LogP contribution in [0.3, 0.4) is 0 Å². The lowest BCUT2D eigenvalue weighted by Crippen LogP contribution is -2.02.